The third-order valence-electron chi connectivity index (χ3n) is 1.65. The minimum absolute atomic E-state index is 0.0319. The zero-order chi connectivity index (χ0) is 9.90. The SMILES string of the molecule is O=S(=O)(Cl)C(CCl)c1ccccc1. The molecule has 0 radical (unpaired) electrons. The van der Waals surface area contributed by atoms with Crippen LogP contribution in [0.1, 0.15) is 10.8 Å². The summed E-state index contributed by atoms with van der Waals surface area (Å²) in [5.41, 5.74) is 0.618. The van der Waals surface area contributed by atoms with Crippen LogP contribution in [0.5, 0.6) is 0 Å². The summed E-state index contributed by atoms with van der Waals surface area (Å²) in [5.74, 6) is -0.0319. The van der Waals surface area contributed by atoms with Crippen LogP contribution in [0.2, 0.25) is 0 Å². The summed E-state index contributed by atoms with van der Waals surface area (Å²) < 4.78 is 22.1. The Morgan fingerprint density at radius 2 is 1.77 bits per heavy atom. The molecule has 0 aliphatic carbocycles. The van der Waals surface area contributed by atoms with E-state index in [0.29, 0.717) is 5.56 Å². The molecule has 1 unspecified atom stereocenters. The smallest absolute Gasteiger partial charge is 0.212 e. The lowest BCUT2D eigenvalue weighted by atomic mass is 10.2. The third kappa shape index (κ3) is 2.86. The van der Waals surface area contributed by atoms with Gasteiger partial charge in [0.15, 0.2) is 0 Å². The van der Waals surface area contributed by atoms with Crippen molar-refractivity contribution >= 4 is 31.3 Å². The predicted octanol–water partition coefficient (Wildman–Crippen LogP) is 2.54. The Morgan fingerprint density at radius 3 is 2.15 bits per heavy atom. The van der Waals surface area contributed by atoms with Gasteiger partial charge in [-0.2, -0.15) is 0 Å². The van der Waals surface area contributed by atoms with Crippen molar-refractivity contribution in [3.63, 3.8) is 0 Å². The average Bonchev–Trinajstić information content (AvgIpc) is 2.05. The van der Waals surface area contributed by atoms with Gasteiger partial charge in [0, 0.05) is 16.6 Å². The molecule has 72 valence electrons. The van der Waals surface area contributed by atoms with Gasteiger partial charge in [0.1, 0.15) is 5.25 Å². The van der Waals surface area contributed by atoms with Gasteiger partial charge in [-0.1, -0.05) is 30.3 Å². The first-order valence-corrected chi connectivity index (χ1v) is 6.51. The van der Waals surface area contributed by atoms with Crippen LogP contribution < -0.4 is 0 Å². The molecule has 0 amide bonds. The van der Waals surface area contributed by atoms with E-state index in [0.717, 1.165) is 0 Å². The minimum Gasteiger partial charge on any atom is -0.212 e. The fourth-order valence-electron chi connectivity index (χ4n) is 0.995. The zero-order valence-corrected chi connectivity index (χ0v) is 8.98. The lowest BCUT2D eigenvalue weighted by Gasteiger charge is -2.09. The van der Waals surface area contributed by atoms with Crippen LogP contribution in [0.25, 0.3) is 0 Å². The third-order valence-corrected chi connectivity index (χ3v) is 3.91. The number of hydrogen-bond acceptors (Lipinski definition) is 2. The lowest BCUT2D eigenvalue weighted by molar-refractivity contribution is 0.601. The van der Waals surface area contributed by atoms with E-state index in [2.05, 4.69) is 0 Å². The summed E-state index contributed by atoms with van der Waals surface area (Å²) in [6, 6.07) is 8.67. The Morgan fingerprint density at radius 1 is 1.23 bits per heavy atom. The Balaban J connectivity index is 3.06. The zero-order valence-electron chi connectivity index (χ0n) is 6.65. The van der Waals surface area contributed by atoms with Crippen LogP contribution in [0.15, 0.2) is 30.3 Å². The van der Waals surface area contributed by atoms with Gasteiger partial charge in [-0.05, 0) is 5.56 Å². The first-order chi connectivity index (χ1) is 6.05. The summed E-state index contributed by atoms with van der Waals surface area (Å²) in [6.45, 7) is 0. The largest absolute Gasteiger partial charge is 0.240 e. The van der Waals surface area contributed by atoms with Gasteiger partial charge in [-0.15, -0.1) is 11.6 Å². The molecule has 0 heterocycles. The molecule has 0 aliphatic heterocycles. The highest BCUT2D eigenvalue weighted by molar-refractivity contribution is 8.14. The number of alkyl halides is 1. The molecule has 0 N–H and O–H groups in total. The van der Waals surface area contributed by atoms with Gasteiger partial charge in [-0.25, -0.2) is 8.42 Å². The van der Waals surface area contributed by atoms with Gasteiger partial charge >= 0.3 is 0 Å². The van der Waals surface area contributed by atoms with E-state index < -0.39 is 14.3 Å². The highest BCUT2D eigenvalue weighted by Crippen LogP contribution is 2.26. The summed E-state index contributed by atoms with van der Waals surface area (Å²) in [4.78, 5) is 0. The predicted molar refractivity (Wildman–Crippen MR) is 54.7 cm³/mol. The molecule has 1 aromatic rings. The molecule has 0 saturated heterocycles. The maximum Gasteiger partial charge on any atom is 0.240 e. The van der Waals surface area contributed by atoms with E-state index in [4.69, 9.17) is 22.3 Å². The Kier molecular flexibility index (Phi) is 3.59. The Hall–Kier alpha value is -0.250. The summed E-state index contributed by atoms with van der Waals surface area (Å²) in [6.07, 6.45) is 0. The second kappa shape index (κ2) is 4.31. The van der Waals surface area contributed by atoms with Crippen LogP contribution in [-0.2, 0) is 9.05 Å². The monoisotopic (exact) mass is 238 g/mol. The normalized spacial score (nSPS) is 14.0. The molecule has 0 aromatic heterocycles. The van der Waals surface area contributed by atoms with Crippen LogP contribution in [-0.4, -0.2) is 14.3 Å². The highest BCUT2D eigenvalue weighted by Gasteiger charge is 2.23. The van der Waals surface area contributed by atoms with Crippen molar-refractivity contribution in [1.82, 2.24) is 0 Å². The summed E-state index contributed by atoms with van der Waals surface area (Å²) in [5, 5.41) is -0.822. The van der Waals surface area contributed by atoms with E-state index in [1.807, 2.05) is 0 Å². The number of benzene rings is 1. The van der Waals surface area contributed by atoms with Crippen molar-refractivity contribution in [3.8, 4) is 0 Å². The van der Waals surface area contributed by atoms with Crippen LogP contribution in [0, 0.1) is 0 Å². The molecule has 1 aromatic carbocycles. The minimum atomic E-state index is -3.63. The summed E-state index contributed by atoms with van der Waals surface area (Å²) >= 11 is 5.52. The molecular weight excluding hydrogens is 231 g/mol. The molecule has 13 heavy (non-hydrogen) atoms. The van der Waals surface area contributed by atoms with Gasteiger partial charge in [-0.3, -0.25) is 0 Å². The van der Waals surface area contributed by atoms with Crippen molar-refractivity contribution in [1.29, 1.82) is 0 Å². The number of halogens is 2. The molecule has 0 bridgehead atoms. The lowest BCUT2D eigenvalue weighted by Crippen LogP contribution is -2.08. The fourth-order valence-corrected chi connectivity index (χ4v) is 2.99. The quantitative estimate of drug-likeness (QED) is 0.600. The van der Waals surface area contributed by atoms with Gasteiger partial charge in [0.05, 0.1) is 0 Å². The Bertz CT molecular complexity index is 361. The van der Waals surface area contributed by atoms with Crippen molar-refractivity contribution in [2.45, 2.75) is 5.25 Å². The first-order valence-electron chi connectivity index (χ1n) is 3.60. The van der Waals surface area contributed by atoms with Crippen LogP contribution in [0.4, 0.5) is 0 Å². The molecule has 0 saturated carbocycles. The van der Waals surface area contributed by atoms with Gasteiger partial charge < -0.3 is 0 Å². The summed E-state index contributed by atoms with van der Waals surface area (Å²) in [7, 11) is 1.59. The van der Waals surface area contributed by atoms with Crippen LogP contribution >= 0.6 is 22.3 Å². The standard InChI is InChI=1S/C8H8Cl2O2S/c9-6-8(13(10,11)12)7-4-2-1-3-5-7/h1-5,8H,6H2. The second-order valence-electron chi connectivity index (χ2n) is 2.53. The van der Waals surface area contributed by atoms with E-state index in [1.54, 1.807) is 30.3 Å². The molecular formula is C8H8Cl2O2S. The van der Waals surface area contributed by atoms with Crippen molar-refractivity contribution in [3.05, 3.63) is 35.9 Å². The first kappa shape index (κ1) is 10.8. The topological polar surface area (TPSA) is 34.1 Å². The molecule has 0 spiro atoms. The maximum absolute atomic E-state index is 11.0. The maximum atomic E-state index is 11.0. The fraction of sp³-hybridized carbons (Fsp3) is 0.250. The molecule has 0 aliphatic rings. The highest BCUT2D eigenvalue weighted by atomic mass is 35.7. The molecule has 5 heteroatoms. The van der Waals surface area contributed by atoms with Crippen molar-refractivity contribution in [2.24, 2.45) is 0 Å². The molecule has 1 rings (SSSR count). The van der Waals surface area contributed by atoms with Gasteiger partial charge in [0.2, 0.25) is 9.05 Å². The van der Waals surface area contributed by atoms with E-state index in [9.17, 15) is 8.42 Å². The van der Waals surface area contributed by atoms with Gasteiger partial charge in [0.25, 0.3) is 0 Å². The van der Waals surface area contributed by atoms with E-state index >= 15 is 0 Å². The van der Waals surface area contributed by atoms with Crippen molar-refractivity contribution < 1.29 is 8.42 Å². The molecule has 1 atom stereocenters. The molecule has 2 nitrogen and oxygen atoms in total. The average molecular weight is 239 g/mol. The van der Waals surface area contributed by atoms with E-state index in [1.165, 1.54) is 0 Å². The van der Waals surface area contributed by atoms with Crippen LogP contribution in [0.3, 0.4) is 0 Å². The molecule has 0 fully saturated rings. The Labute approximate surface area is 86.9 Å². The number of rotatable bonds is 3. The second-order valence-corrected chi connectivity index (χ2v) is 5.65. The van der Waals surface area contributed by atoms with Crippen molar-refractivity contribution in [2.75, 3.05) is 5.88 Å². The van der Waals surface area contributed by atoms with E-state index in [-0.39, 0.29) is 5.88 Å². The number of hydrogen-bond donors (Lipinski definition) is 0.